The molecule has 0 aliphatic rings. The van der Waals surface area contributed by atoms with Crippen molar-refractivity contribution in [1.82, 2.24) is 5.32 Å². The maximum absolute atomic E-state index is 11.1. The van der Waals surface area contributed by atoms with Crippen molar-refractivity contribution < 1.29 is 24.2 Å². The van der Waals surface area contributed by atoms with Crippen LogP contribution in [0.3, 0.4) is 0 Å². The van der Waals surface area contributed by atoms with Crippen LogP contribution in [0, 0.1) is 0 Å². The summed E-state index contributed by atoms with van der Waals surface area (Å²) in [6.45, 7) is 8.51. The van der Waals surface area contributed by atoms with Crippen LogP contribution in [0.15, 0.2) is 12.7 Å². The topological polar surface area (TPSA) is 84.9 Å². The van der Waals surface area contributed by atoms with Gasteiger partial charge in [-0.15, -0.1) is 0 Å². The van der Waals surface area contributed by atoms with Crippen LogP contribution < -0.4 is 5.32 Å². The van der Waals surface area contributed by atoms with Gasteiger partial charge < -0.3 is 19.9 Å². The minimum absolute atomic E-state index is 0.0731. The van der Waals surface area contributed by atoms with E-state index in [2.05, 4.69) is 16.6 Å². The second kappa shape index (κ2) is 6.90. The van der Waals surface area contributed by atoms with Gasteiger partial charge in [0.05, 0.1) is 12.1 Å². The van der Waals surface area contributed by atoms with Crippen LogP contribution >= 0.6 is 0 Å². The molecule has 1 amide bonds. The molecular weight excluding hydrogens is 226 g/mol. The van der Waals surface area contributed by atoms with E-state index in [1.54, 1.807) is 20.8 Å². The lowest BCUT2D eigenvalue weighted by Gasteiger charge is -2.24. The fourth-order valence-corrected chi connectivity index (χ4v) is 0.968. The van der Waals surface area contributed by atoms with Gasteiger partial charge in [-0.1, -0.05) is 12.7 Å². The van der Waals surface area contributed by atoms with E-state index >= 15 is 0 Å². The molecule has 0 aromatic carbocycles. The van der Waals surface area contributed by atoms with Crippen molar-refractivity contribution >= 4 is 12.1 Å². The highest BCUT2D eigenvalue weighted by Gasteiger charge is 2.25. The summed E-state index contributed by atoms with van der Waals surface area (Å²) in [6.07, 6.45) is -0.389. The van der Waals surface area contributed by atoms with Crippen molar-refractivity contribution in [3.8, 4) is 0 Å². The zero-order valence-corrected chi connectivity index (χ0v) is 10.4. The molecule has 0 fully saturated rings. The van der Waals surface area contributed by atoms with Crippen LogP contribution in [0.25, 0.3) is 0 Å². The van der Waals surface area contributed by atoms with Gasteiger partial charge in [-0.2, -0.15) is 0 Å². The lowest BCUT2D eigenvalue weighted by atomic mass is 10.2. The summed E-state index contributed by atoms with van der Waals surface area (Å²) >= 11 is 0. The lowest BCUT2D eigenvalue weighted by molar-refractivity contribution is -0.159. The third kappa shape index (κ3) is 8.27. The monoisotopic (exact) mass is 245 g/mol. The van der Waals surface area contributed by atoms with E-state index in [-0.39, 0.29) is 13.2 Å². The maximum atomic E-state index is 11.1. The molecule has 98 valence electrons. The molecule has 0 aliphatic heterocycles. The number of alkyl carbamates (subject to hydrolysis) is 1. The van der Waals surface area contributed by atoms with Gasteiger partial charge in [0.1, 0.15) is 6.61 Å². The van der Waals surface area contributed by atoms with E-state index in [9.17, 15) is 9.59 Å². The Morgan fingerprint density at radius 2 is 2.06 bits per heavy atom. The highest BCUT2D eigenvalue weighted by molar-refractivity contribution is 5.74. The molecule has 0 spiro atoms. The average molecular weight is 245 g/mol. The Hall–Kier alpha value is -1.56. The zero-order valence-electron chi connectivity index (χ0n) is 10.4. The van der Waals surface area contributed by atoms with Gasteiger partial charge in [0.25, 0.3) is 0 Å². The fourth-order valence-electron chi connectivity index (χ4n) is 0.968. The van der Waals surface area contributed by atoms with E-state index in [1.165, 1.54) is 6.08 Å². The molecule has 0 saturated carbocycles. The Bertz CT molecular complexity index is 282. The normalized spacial score (nSPS) is 12.6. The molecule has 0 aromatic heterocycles. The Morgan fingerprint density at radius 1 is 1.47 bits per heavy atom. The van der Waals surface area contributed by atoms with Gasteiger partial charge in [-0.05, 0) is 20.8 Å². The number of carboxylic acids is 1. The van der Waals surface area contributed by atoms with Crippen molar-refractivity contribution in [1.29, 1.82) is 0 Å². The van der Waals surface area contributed by atoms with Gasteiger partial charge >= 0.3 is 12.1 Å². The molecule has 0 bridgehead atoms. The van der Waals surface area contributed by atoms with Gasteiger partial charge in [0.15, 0.2) is 6.10 Å². The predicted octanol–water partition coefficient (Wildman–Crippen LogP) is 1.17. The van der Waals surface area contributed by atoms with E-state index in [0.29, 0.717) is 0 Å². The molecule has 0 aromatic rings. The molecule has 0 unspecified atom stereocenters. The lowest BCUT2D eigenvalue weighted by Crippen LogP contribution is -2.42. The number of rotatable bonds is 6. The molecular formula is C11H19NO5. The number of carbonyl (C=O) groups is 2. The Morgan fingerprint density at radius 3 is 2.47 bits per heavy atom. The van der Waals surface area contributed by atoms with E-state index in [1.807, 2.05) is 0 Å². The Labute approximate surface area is 101 Å². The number of nitrogens with one attached hydrogen (secondary N) is 1. The summed E-state index contributed by atoms with van der Waals surface area (Å²) in [5.74, 6) is -1.14. The first kappa shape index (κ1) is 15.4. The highest BCUT2D eigenvalue weighted by atomic mass is 16.6. The number of hydrogen-bond donors (Lipinski definition) is 2. The first-order valence-electron chi connectivity index (χ1n) is 5.18. The zero-order chi connectivity index (χ0) is 13.5. The number of ether oxygens (including phenoxy) is 2. The van der Waals surface area contributed by atoms with Crippen LogP contribution in [0.4, 0.5) is 4.79 Å². The molecule has 0 saturated heterocycles. The number of carboxylic acid groups (broad SMARTS) is 1. The van der Waals surface area contributed by atoms with Crippen LogP contribution in [-0.4, -0.2) is 42.0 Å². The molecule has 0 aliphatic carbocycles. The number of amides is 1. The molecule has 0 rings (SSSR count). The summed E-state index contributed by atoms with van der Waals surface area (Å²) in [4.78, 5) is 21.9. The number of carbonyl (C=O) groups excluding carboxylic acids is 1. The van der Waals surface area contributed by atoms with Crippen molar-refractivity contribution in [2.45, 2.75) is 32.5 Å². The van der Waals surface area contributed by atoms with Gasteiger partial charge in [0.2, 0.25) is 0 Å². The largest absolute Gasteiger partial charge is 0.479 e. The van der Waals surface area contributed by atoms with Crippen molar-refractivity contribution in [2.75, 3.05) is 13.2 Å². The number of hydrogen-bond acceptors (Lipinski definition) is 4. The van der Waals surface area contributed by atoms with Crippen molar-refractivity contribution in [2.24, 2.45) is 0 Å². The van der Waals surface area contributed by atoms with Crippen LogP contribution in [0.5, 0.6) is 0 Å². The fraction of sp³-hybridized carbons (Fsp3) is 0.636. The number of aliphatic carboxylic acids is 1. The van der Waals surface area contributed by atoms with Gasteiger partial charge in [-0.3, -0.25) is 0 Å². The summed E-state index contributed by atoms with van der Waals surface area (Å²) in [7, 11) is 0. The van der Waals surface area contributed by atoms with Crippen LogP contribution in [-0.2, 0) is 14.3 Å². The SMILES string of the molecule is C=CCOC(=O)NC[C@H](OC(C)(C)C)C(=O)O. The highest BCUT2D eigenvalue weighted by Crippen LogP contribution is 2.10. The predicted molar refractivity (Wildman–Crippen MR) is 61.8 cm³/mol. The Kier molecular flexibility index (Phi) is 6.27. The van der Waals surface area contributed by atoms with Gasteiger partial charge in [0, 0.05) is 0 Å². The second-order valence-electron chi connectivity index (χ2n) is 4.33. The van der Waals surface area contributed by atoms with E-state index in [0.717, 1.165) is 0 Å². The summed E-state index contributed by atoms with van der Waals surface area (Å²) in [5.41, 5.74) is -0.601. The van der Waals surface area contributed by atoms with Gasteiger partial charge in [-0.25, -0.2) is 9.59 Å². The molecule has 0 heterocycles. The quantitative estimate of drug-likeness (QED) is 0.686. The standard InChI is InChI=1S/C11H19NO5/c1-5-6-16-10(15)12-7-8(9(13)14)17-11(2,3)4/h5,8H,1,6-7H2,2-4H3,(H,12,15)(H,13,14)/t8-/m0/s1. The summed E-state index contributed by atoms with van der Waals surface area (Å²) < 4.78 is 9.90. The maximum Gasteiger partial charge on any atom is 0.407 e. The minimum Gasteiger partial charge on any atom is -0.479 e. The van der Waals surface area contributed by atoms with Crippen molar-refractivity contribution in [3.63, 3.8) is 0 Å². The van der Waals surface area contributed by atoms with Crippen molar-refractivity contribution in [3.05, 3.63) is 12.7 Å². The first-order valence-corrected chi connectivity index (χ1v) is 5.18. The minimum atomic E-state index is -1.14. The third-order valence-corrected chi connectivity index (χ3v) is 1.54. The molecule has 6 heteroatoms. The average Bonchev–Trinajstić information content (AvgIpc) is 2.19. The van der Waals surface area contributed by atoms with E-state index in [4.69, 9.17) is 9.84 Å². The second-order valence-corrected chi connectivity index (χ2v) is 4.33. The first-order chi connectivity index (χ1) is 7.76. The molecule has 0 radical (unpaired) electrons. The summed E-state index contributed by atoms with van der Waals surface area (Å²) in [6, 6.07) is 0. The van der Waals surface area contributed by atoms with Crippen LogP contribution in [0.1, 0.15) is 20.8 Å². The van der Waals surface area contributed by atoms with Crippen LogP contribution in [0.2, 0.25) is 0 Å². The molecule has 17 heavy (non-hydrogen) atoms. The molecule has 6 nitrogen and oxygen atoms in total. The molecule has 1 atom stereocenters. The Balaban J connectivity index is 4.14. The smallest absolute Gasteiger partial charge is 0.407 e. The summed E-state index contributed by atoms with van der Waals surface area (Å²) in [5, 5.41) is 11.2. The molecule has 2 N–H and O–H groups in total. The third-order valence-electron chi connectivity index (χ3n) is 1.54. The van der Waals surface area contributed by atoms with E-state index < -0.39 is 23.8 Å².